The van der Waals surface area contributed by atoms with Crippen LogP contribution in [0.25, 0.3) is 0 Å². The Hall–Kier alpha value is -3.21. The molecule has 1 N–H and O–H groups in total. The van der Waals surface area contributed by atoms with Crippen LogP contribution < -0.4 is 10.2 Å². The first-order chi connectivity index (χ1) is 15.0. The summed E-state index contributed by atoms with van der Waals surface area (Å²) >= 11 is 0. The van der Waals surface area contributed by atoms with Gasteiger partial charge in [-0.2, -0.15) is 0 Å². The van der Waals surface area contributed by atoms with E-state index in [1.54, 1.807) is 24.3 Å². The van der Waals surface area contributed by atoms with E-state index in [1.807, 2.05) is 32.0 Å². The van der Waals surface area contributed by atoms with E-state index >= 15 is 0 Å². The minimum atomic E-state index is -0.251. The predicted molar refractivity (Wildman–Crippen MR) is 118 cm³/mol. The molecule has 5 aliphatic rings. The number of nitrogens with zero attached hydrogens (tertiary/aromatic N) is 1. The summed E-state index contributed by atoms with van der Waals surface area (Å²) in [6.07, 6.45) is 5.48. The first-order valence-electron chi connectivity index (χ1n) is 11.0. The van der Waals surface area contributed by atoms with Crippen LogP contribution in [0.4, 0.5) is 11.4 Å². The van der Waals surface area contributed by atoms with Gasteiger partial charge in [0.05, 0.1) is 17.5 Å². The molecule has 6 atom stereocenters. The second-order valence-electron chi connectivity index (χ2n) is 9.44. The van der Waals surface area contributed by atoms with E-state index in [1.165, 1.54) is 4.90 Å². The van der Waals surface area contributed by atoms with Crippen molar-refractivity contribution in [3.63, 3.8) is 0 Å². The van der Waals surface area contributed by atoms with Gasteiger partial charge in [0.2, 0.25) is 11.8 Å². The number of hydrogen-bond acceptors (Lipinski definition) is 3. The number of allylic oxidation sites excluding steroid dienone is 2. The summed E-state index contributed by atoms with van der Waals surface area (Å²) in [7, 11) is 0. The average molecular weight is 412 g/mol. The molecule has 156 valence electrons. The summed E-state index contributed by atoms with van der Waals surface area (Å²) < 4.78 is 0. The highest BCUT2D eigenvalue weighted by atomic mass is 16.2. The van der Waals surface area contributed by atoms with Gasteiger partial charge in [-0.05, 0) is 73.3 Å². The van der Waals surface area contributed by atoms with Crippen LogP contribution in [0.15, 0.2) is 54.6 Å². The van der Waals surface area contributed by atoms with Crippen molar-refractivity contribution in [1.82, 2.24) is 0 Å². The number of benzene rings is 2. The summed E-state index contributed by atoms with van der Waals surface area (Å²) in [5, 5.41) is 2.98. The van der Waals surface area contributed by atoms with Gasteiger partial charge < -0.3 is 5.32 Å². The molecule has 5 heteroatoms. The Labute approximate surface area is 181 Å². The molecule has 2 aromatic carbocycles. The number of aryl methyl sites for hydroxylation is 2. The molecule has 31 heavy (non-hydrogen) atoms. The minimum absolute atomic E-state index is 0.105. The Morgan fingerprint density at radius 1 is 0.903 bits per heavy atom. The van der Waals surface area contributed by atoms with E-state index in [0.717, 1.165) is 23.2 Å². The van der Waals surface area contributed by atoms with Crippen LogP contribution in [0.5, 0.6) is 0 Å². The van der Waals surface area contributed by atoms with Gasteiger partial charge in [0.15, 0.2) is 0 Å². The molecule has 1 saturated heterocycles. The lowest BCUT2D eigenvalue weighted by Crippen LogP contribution is -2.40. The van der Waals surface area contributed by atoms with Crippen molar-refractivity contribution < 1.29 is 14.4 Å². The number of para-hydroxylation sites is 1. The second kappa shape index (κ2) is 6.39. The van der Waals surface area contributed by atoms with Gasteiger partial charge >= 0.3 is 0 Å². The topological polar surface area (TPSA) is 66.5 Å². The minimum Gasteiger partial charge on any atom is -0.322 e. The Morgan fingerprint density at radius 3 is 2.10 bits per heavy atom. The highest BCUT2D eigenvalue weighted by Crippen LogP contribution is 2.65. The van der Waals surface area contributed by atoms with Crippen molar-refractivity contribution in [2.24, 2.45) is 35.5 Å². The summed E-state index contributed by atoms with van der Waals surface area (Å²) in [5.41, 5.74) is 3.69. The monoisotopic (exact) mass is 412 g/mol. The molecule has 3 amide bonds. The zero-order valence-electron chi connectivity index (χ0n) is 17.5. The van der Waals surface area contributed by atoms with E-state index < -0.39 is 0 Å². The fourth-order valence-electron chi connectivity index (χ4n) is 6.20. The second-order valence-corrected chi connectivity index (χ2v) is 9.44. The van der Waals surface area contributed by atoms with Gasteiger partial charge in [-0.3, -0.25) is 14.4 Å². The molecule has 4 aliphatic carbocycles. The van der Waals surface area contributed by atoms with Crippen molar-refractivity contribution >= 4 is 29.1 Å². The van der Waals surface area contributed by atoms with Gasteiger partial charge in [0.25, 0.3) is 5.91 Å². The fourth-order valence-corrected chi connectivity index (χ4v) is 6.20. The summed E-state index contributed by atoms with van der Waals surface area (Å²) in [5.74, 6) is 0.591. The molecular formula is C26H24N2O3. The summed E-state index contributed by atoms with van der Waals surface area (Å²) in [4.78, 5) is 41.0. The number of imide groups is 1. The number of nitrogens with one attached hydrogen (secondary N) is 1. The molecule has 7 rings (SSSR count). The molecule has 0 unspecified atom stereocenters. The van der Waals surface area contributed by atoms with Crippen molar-refractivity contribution in [1.29, 1.82) is 0 Å². The van der Waals surface area contributed by atoms with Gasteiger partial charge in [-0.25, -0.2) is 4.90 Å². The first kappa shape index (κ1) is 18.6. The van der Waals surface area contributed by atoms with Crippen LogP contribution in [-0.4, -0.2) is 17.7 Å². The normalized spacial score (nSPS) is 32.1. The maximum Gasteiger partial charge on any atom is 0.255 e. The third-order valence-corrected chi connectivity index (χ3v) is 7.75. The van der Waals surface area contributed by atoms with E-state index in [0.29, 0.717) is 23.1 Å². The third-order valence-electron chi connectivity index (χ3n) is 7.75. The van der Waals surface area contributed by atoms with Crippen molar-refractivity contribution in [2.45, 2.75) is 20.3 Å². The third kappa shape index (κ3) is 2.59. The average Bonchev–Trinajstić information content (AvgIpc) is 3.54. The number of carbonyl (C=O) groups is 3. The largest absolute Gasteiger partial charge is 0.322 e. The highest BCUT2D eigenvalue weighted by molar-refractivity contribution is 6.23. The van der Waals surface area contributed by atoms with Crippen LogP contribution in [0.3, 0.4) is 0 Å². The molecule has 2 saturated carbocycles. The van der Waals surface area contributed by atoms with E-state index in [2.05, 4.69) is 17.5 Å². The number of anilines is 2. The van der Waals surface area contributed by atoms with Gasteiger partial charge in [-0.1, -0.05) is 36.4 Å². The zero-order valence-corrected chi connectivity index (χ0v) is 17.5. The van der Waals surface area contributed by atoms with Gasteiger partial charge in [-0.15, -0.1) is 0 Å². The molecule has 0 spiro atoms. The lowest BCUT2D eigenvalue weighted by molar-refractivity contribution is -0.124. The van der Waals surface area contributed by atoms with E-state index in [-0.39, 0.29) is 41.4 Å². The maximum absolute atomic E-state index is 13.3. The molecule has 2 aromatic rings. The van der Waals surface area contributed by atoms with Crippen LogP contribution in [0, 0.1) is 49.4 Å². The number of hydrogen-bond donors (Lipinski definition) is 1. The van der Waals surface area contributed by atoms with Crippen LogP contribution in [0.2, 0.25) is 0 Å². The maximum atomic E-state index is 13.3. The smallest absolute Gasteiger partial charge is 0.255 e. The first-order valence-corrected chi connectivity index (χ1v) is 11.0. The molecule has 3 fully saturated rings. The molecule has 2 bridgehead atoms. The predicted octanol–water partition coefficient (Wildman–Crippen LogP) is 4.11. The van der Waals surface area contributed by atoms with E-state index in [9.17, 15) is 14.4 Å². The number of amides is 3. The Balaban J connectivity index is 1.30. The van der Waals surface area contributed by atoms with Crippen LogP contribution >= 0.6 is 0 Å². The summed E-state index contributed by atoms with van der Waals surface area (Å²) in [6.45, 7) is 3.91. The lowest BCUT2D eigenvalue weighted by Gasteiger charge is -2.37. The van der Waals surface area contributed by atoms with E-state index in [4.69, 9.17) is 0 Å². The fraction of sp³-hybridized carbons (Fsp3) is 0.346. The van der Waals surface area contributed by atoms with Crippen LogP contribution in [0.1, 0.15) is 27.9 Å². The molecule has 0 aromatic heterocycles. The Bertz CT molecular complexity index is 1130. The Kier molecular flexibility index (Phi) is 3.83. The molecular weight excluding hydrogens is 388 g/mol. The molecule has 1 heterocycles. The Morgan fingerprint density at radius 2 is 1.48 bits per heavy atom. The molecule has 0 radical (unpaired) electrons. The van der Waals surface area contributed by atoms with Crippen molar-refractivity contribution in [3.8, 4) is 0 Å². The number of rotatable bonds is 3. The highest BCUT2D eigenvalue weighted by Gasteiger charge is 2.67. The molecule has 5 nitrogen and oxygen atoms in total. The van der Waals surface area contributed by atoms with Gasteiger partial charge in [0, 0.05) is 11.3 Å². The SMILES string of the molecule is Cc1cccc(C)c1NC(=O)c1cccc(N2C(=O)[C@@H]3[C@H]4C=C[C@@H]([C@@H]5C[C@@H]45)[C@H]3C2=O)c1. The zero-order chi connectivity index (χ0) is 21.4. The quantitative estimate of drug-likeness (QED) is 0.609. The molecule has 1 aliphatic heterocycles. The lowest BCUT2D eigenvalue weighted by atomic mass is 9.63. The van der Waals surface area contributed by atoms with Crippen molar-refractivity contribution in [3.05, 3.63) is 71.3 Å². The van der Waals surface area contributed by atoms with Crippen LogP contribution in [-0.2, 0) is 9.59 Å². The summed E-state index contributed by atoms with van der Waals surface area (Å²) in [6, 6.07) is 12.7. The van der Waals surface area contributed by atoms with Crippen molar-refractivity contribution in [2.75, 3.05) is 10.2 Å². The standard InChI is InChI=1S/C26H24N2O3/c1-13-5-3-6-14(2)23(13)27-24(29)15-7-4-8-16(11-15)28-25(30)21-17-9-10-18(20-12-19(17)20)22(21)26(28)31/h3-11,17-22H,12H2,1-2H3,(H,27,29)/t17-,18-,19-,20-,21+,22+/m0/s1. The van der Waals surface area contributed by atoms with Gasteiger partial charge in [0.1, 0.15) is 0 Å². The number of carbonyl (C=O) groups excluding carboxylic acids is 3.